The first-order valence-electron chi connectivity index (χ1n) is 8.66. The van der Waals surface area contributed by atoms with E-state index in [9.17, 15) is 13.2 Å². The minimum absolute atomic E-state index is 0.245. The molecule has 0 aliphatic heterocycles. The molecule has 146 valence electrons. The first-order valence-corrected chi connectivity index (χ1v) is 10.5. The van der Waals surface area contributed by atoms with Gasteiger partial charge in [0.2, 0.25) is 15.9 Å². The molecule has 2 aromatic carbocycles. The molecule has 0 atom stereocenters. The number of carbonyl (C=O) groups is 1. The zero-order valence-corrected chi connectivity index (χ0v) is 17.0. The van der Waals surface area contributed by atoms with Crippen LogP contribution in [0.1, 0.15) is 11.1 Å². The van der Waals surface area contributed by atoms with E-state index in [2.05, 4.69) is 0 Å². The number of carbonyl (C=O) groups excluding carboxylic acids is 1. The van der Waals surface area contributed by atoms with Crippen LogP contribution in [0.5, 0.6) is 5.75 Å². The quantitative estimate of drug-likeness (QED) is 0.695. The number of aryl methyl sites for hydroxylation is 2. The minimum Gasteiger partial charge on any atom is -0.491 e. The zero-order valence-electron chi connectivity index (χ0n) is 16.2. The number of hydrogen-bond acceptors (Lipinski definition) is 4. The second-order valence-electron chi connectivity index (χ2n) is 6.49. The molecule has 0 unspecified atom stereocenters. The SMILES string of the molecule is Cc1ccccc1OCCN(C)C(=O)CN(c1ccccc1C)S(C)(=O)=O. The molecule has 2 rings (SSSR count). The van der Waals surface area contributed by atoms with Gasteiger partial charge in [-0.1, -0.05) is 36.4 Å². The van der Waals surface area contributed by atoms with Crippen LogP contribution in [-0.4, -0.2) is 52.2 Å². The van der Waals surface area contributed by atoms with Gasteiger partial charge < -0.3 is 9.64 Å². The molecule has 0 heterocycles. The highest BCUT2D eigenvalue weighted by Gasteiger charge is 2.23. The van der Waals surface area contributed by atoms with Crippen molar-refractivity contribution in [3.8, 4) is 5.75 Å². The van der Waals surface area contributed by atoms with E-state index in [1.807, 2.05) is 50.2 Å². The maximum atomic E-state index is 12.6. The topological polar surface area (TPSA) is 66.9 Å². The van der Waals surface area contributed by atoms with Crippen molar-refractivity contribution in [2.24, 2.45) is 0 Å². The van der Waals surface area contributed by atoms with Crippen LogP contribution in [0.4, 0.5) is 5.69 Å². The third kappa shape index (κ3) is 5.72. The highest BCUT2D eigenvalue weighted by Crippen LogP contribution is 2.22. The molecule has 0 aliphatic rings. The summed E-state index contributed by atoms with van der Waals surface area (Å²) in [6.45, 7) is 4.22. The predicted octanol–water partition coefficient (Wildman–Crippen LogP) is 2.61. The van der Waals surface area contributed by atoms with Crippen molar-refractivity contribution < 1.29 is 17.9 Å². The summed E-state index contributed by atoms with van der Waals surface area (Å²) in [5, 5.41) is 0. The van der Waals surface area contributed by atoms with Crippen molar-refractivity contribution in [1.29, 1.82) is 0 Å². The largest absolute Gasteiger partial charge is 0.491 e. The molecule has 0 saturated heterocycles. The molecule has 1 amide bonds. The molecule has 6 nitrogen and oxygen atoms in total. The summed E-state index contributed by atoms with van der Waals surface area (Å²) < 4.78 is 31.3. The smallest absolute Gasteiger partial charge is 0.243 e. The highest BCUT2D eigenvalue weighted by molar-refractivity contribution is 7.92. The fraction of sp³-hybridized carbons (Fsp3) is 0.350. The lowest BCUT2D eigenvalue weighted by Crippen LogP contribution is -2.42. The van der Waals surface area contributed by atoms with Crippen LogP contribution in [0.15, 0.2) is 48.5 Å². The molecular weight excluding hydrogens is 364 g/mol. The Hall–Kier alpha value is -2.54. The van der Waals surface area contributed by atoms with Crippen LogP contribution in [0, 0.1) is 13.8 Å². The standard InChI is InChI=1S/C20H26N2O4S/c1-16-9-5-7-11-18(16)22(27(4,24)25)15-20(23)21(3)13-14-26-19-12-8-6-10-17(19)2/h5-12H,13-15H2,1-4H3. The molecule has 0 fully saturated rings. The summed E-state index contributed by atoms with van der Waals surface area (Å²) in [5.41, 5.74) is 2.33. The predicted molar refractivity (Wildman–Crippen MR) is 108 cm³/mol. The van der Waals surface area contributed by atoms with E-state index in [0.717, 1.165) is 27.4 Å². The van der Waals surface area contributed by atoms with Crippen LogP contribution in [-0.2, 0) is 14.8 Å². The first-order chi connectivity index (χ1) is 12.7. The Kier molecular flexibility index (Phi) is 6.85. The molecule has 0 N–H and O–H groups in total. The van der Waals surface area contributed by atoms with Crippen molar-refractivity contribution in [2.75, 3.05) is 37.3 Å². The van der Waals surface area contributed by atoms with Gasteiger partial charge in [0, 0.05) is 7.05 Å². The summed E-state index contributed by atoms with van der Waals surface area (Å²) in [7, 11) is -1.94. The van der Waals surface area contributed by atoms with Crippen molar-refractivity contribution in [3.05, 3.63) is 59.7 Å². The molecule has 0 aromatic heterocycles. The second kappa shape index (κ2) is 8.90. The number of rotatable bonds is 8. The normalized spacial score (nSPS) is 11.1. The lowest BCUT2D eigenvalue weighted by molar-refractivity contribution is -0.128. The van der Waals surface area contributed by atoms with Gasteiger partial charge in [0.05, 0.1) is 18.5 Å². The molecular formula is C20H26N2O4S. The summed E-state index contributed by atoms with van der Waals surface area (Å²) in [5.74, 6) is 0.480. The number of amides is 1. The van der Waals surface area contributed by atoms with E-state index in [1.54, 1.807) is 19.2 Å². The number of anilines is 1. The fourth-order valence-electron chi connectivity index (χ4n) is 2.60. The Morgan fingerprint density at radius 2 is 1.59 bits per heavy atom. The van der Waals surface area contributed by atoms with Crippen molar-refractivity contribution in [2.45, 2.75) is 13.8 Å². The van der Waals surface area contributed by atoms with Gasteiger partial charge in [-0.2, -0.15) is 0 Å². The Labute approximate surface area is 161 Å². The maximum absolute atomic E-state index is 12.6. The Morgan fingerprint density at radius 1 is 1.00 bits per heavy atom. The molecule has 27 heavy (non-hydrogen) atoms. The number of likely N-dealkylation sites (N-methyl/N-ethyl adjacent to an activating group) is 1. The maximum Gasteiger partial charge on any atom is 0.243 e. The van der Waals surface area contributed by atoms with E-state index >= 15 is 0 Å². The Morgan fingerprint density at radius 3 is 2.19 bits per heavy atom. The van der Waals surface area contributed by atoms with Gasteiger partial charge >= 0.3 is 0 Å². The number of benzene rings is 2. The average Bonchev–Trinajstić information content (AvgIpc) is 2.61. The van der Waals surface area contributed by atoms with Crippen LogP contribution >= 0.6 is 0 Å². The number of hydrogen-bond donors (Lipinski definition) is 0. The van der Waals surface area contributed by atoms with E-state index < -0.39 is 10.0 Å². The molecule has 2 aromatic rings. The van der Waals surface area contributed by atoms with Gasteiger partial charge in [-0.05, 0) is 37.1 Å². The van der Waals surface area contributed by atoms with Gasteiger partial charge in [0.1, 0.15) is 18.9 Å². The summed E-state index contributed by atoms with van der Waals surface area (Å²) in [6, 6.07) is 14.8. The van der Waals surface area contributed by atoms with Crippen molar-refractivity contribution in [3.63, 3.8) is 0 Å². The van der Waals surface area contributed by atoms with Gasteiger partial charge in [-0.25, -0.2) is 8.42 Å². The van der Waals surface area contributed by atoms with E-state index in [0.29, 0.717) is 18.8 Å². The van der Waals surface area contributed by atoms with Crippen molar-refractivity contribution in [1.82, 2.24) is 4.90 Å². The minimum atomic E-state index is -3.58. The van der Waals surface area contributed by atoms with Crippen LogP contribution in [0.3, 0.4) is 0 Å². The van der Waals surface area contributed by atoms with Crippen LogP contribution < -0.4 is 9.04 Å². The number of para-hydroxylation sites is 2. The first kappa shape index (κ1) is 20.8. The van der Waals surface area contributed by atoms with E-state index in [4.69, 9.17) is 4.74 Å². The van der Waals surface area contributed by atoms with E-state index in [-0.39, 0.29) is 12.5 Å². The van der Waals surface area contributed by atoms with Gasteiger partial charge in [0.25, 0.3) is 0 Å². The third-order valence-electron chi connectivity index (χ3n) is 4.27. The Bertz CT molecular complexity index is 896. The number of sulfonamides is 1. The molecule has 0 aliphatic carbocycles. The lowest BCUT2D eigenvalue weighted by atomic mass is 10.2. The highest BCUT2D eigenvalue weighted by atomic mass is 32.2. The zero-order chi connectivity index (χ0) is 20.0. The van der Waals surface area contributed by atoms with Crippen LogP contribution in [0.25, 0.3) is 0 Å². The molecule has 0 spiro atoms. The second-order valence-corrected chi connectivity index (χ2v) is 8.39. The molecule has 0 bridgehead atoms. The lowest BCUT2D eigenvalue weighted by Gasteiger charge is -2.26. The van der Waals surface area contributed by atoms with Crippen LogP contribution in [0.2, 0.25) is 0 Å². The monoisotopic (exact) mass is 390 g/mol. The van der Waals surface area contributed by atoms with Gasteiger partial charge in [-0.3, -0.25) is 9.10 Å². The van der Waals surface area contributed by atoms with E-state index in [1.165, 1.54) is 4.90 Å². The summed E-state index contributed by atoms with van der Waals surface area (Å²) in [6.07, 6.45) is 1.11. The number of ether oxygens (including phenoxy) is 1. The van der Waals surface area contributed by atoms with Gasteiger partial charge in [-0.15, -0.1) is 0 Å². The molecule has 0 radical (unpaired) electrons. The molecule has 0 saturated carbocycles. The third-order valence-corrected chi connectivity index (χ3v) is 5.39. The van der Waals surface area contributed by atoms with Gasteiger partial charge in [0.15, 0.2) is 0 Å². The number of nitrogens with zero attached hydrogens (tertiary/aromatic N) is 2. The summed E-state index contributed by atoms with van der Waals surface area (Å²) in [4.78, 5) is 14.0. The average molecular weight is 391 g/mol. The Balaban J connectivity index is 2.00. The summed E-state index contributed by atoms with van der Waals surface area (Å²) >= 11 is 0. The molecule has 7 heteroatoms. The van der Waals surface area contributed by atoms with Crippen molar-refractivity contribution >= 4 is 21.6 Å². The fourth-order valence-corrected chi connectivity index (χ4v) is 3.51.